The van der Waals surface area contributed by atoms with E-state index >= 15 is 0 Å². The Morgan fingerprint density at radius 2 is 2.19 bits per heavy atom. The molecule has 3 aromatic rings. The molecule has 168 valence electrons. The summed E-state index contributed by atoms with van der Waals surface area (Å²) in [4.78, 5) is 43.5. The number of nitrogens with one attached hydrogen (secondary N) is 1. The number of benzene rings is 1. The molecule has 0 saturated heterocycles. The second-order valence-corrected chi connectivity index (χ2v) is 10.4. The number of hydrogen-bond donors (Lipinski definition) is 1. The SMILES string of the molecule is CCn1c(SC(C)C(=O)Nc2ccccc2[N+](=O)[O-])nc2sc3c(c2c1=O)CCC(C)C3. The van der Waals surface area contributed by atoms with Crippen LogP contribution in [0, 0.1) is 16.0 Å². The lowest BCUT2D eigenvalue weighted by Crippen LogP contribution is -2.27. The van der Waals surface area contributed by atoms with E-state index in [1.54, 1.807) is 35.0 Å². The third-order valence-electron chi connectivity index (χ3n) is 5.71. The third kappa shape index (κ3) is 4.16. The Balaban J connectivity index is 1.63. The van der Waals surface area contributed by atoms with Gasteiger partial charge in [-0.05, 0) is 50.7 Å². The van der Waals surface area contributed by atoms with Gasteiger partial charge in [0, 0.05) is 17.5 Å². The summed E-state index contributed by atoms with van der Waals surface area (Å²) in [7, 11) is 0. The average Bonchev–Trinajstić information content (AvgIpc) is 3.11. The molecule has 1 aromatic carbocycles. The molecule has 2 aromatic heterocycles. The highest BCUT2D eigenvalue weighted by Gasteiger charge is 2.26. The van der Waals surface area contributed by atoms with Crippen molar-refractivity contribution < 1.29 is 9.72 Å². The van der Waals surface area contributed by atoms with Gasteiger partial charge >= 0.3 is 0 Å². The topological polar surface area (TPSA) is 107 Å². The molecule has 32 heavy (non-hydrogen) atoms. The van der Waals surface area contributed by atoms with Crippen LogP contribution < -0.4 is 10.9 Å². The Hall–Kier alpha value is -2.72. The molecule has 0 bridgehead atoms. The van der Waals surface area contributed by atoms with Crippen molar-refractivity contribution in [3.63, 3.8) is 0 Å². The average molecular weight is 473 g/mol. The molecule has 2 heterocycles. The fourth-order valence-electron chi connectivity index (χ4n) is 3.96. The van der Waals surface area contributed by atoms with E-state index in [1.807, 2.05) is 6.92 Å². The van der Waals surface area contributed by atoms with E-state index < -0.39 is 10.2 Å². The molecule has 0 aliphatic heterocycles. The highest BCUT2D eigenvalue weighted by Crippen LogP contribution is 2.37. The number of nitro benzene ring substituents is 1. The zero-order valence-electron chi connectivity index (χ0n) is 18.1. The van der Waals surface area contributed by atoms with Gasteiger partial charge in [-0.2, -0.15) is 0 Å². The summed E-state index contributed by atoms with van der Waals surface area (Å²) in [6.45, 7) is 6.26. The lowest BCUT2D eigenvalue weighted by Gasteiger charge is -2.18. The van der Waals surface area contributed by atoms with Gasteiger partial charge in [0.15, 0.2) is 5.16 Å². The molecular formula is C22H24N4O4S2. The minimum absolute atomic E-state index is 0.0571. The van der Waals surface area contributed by atoms with Crippen molar-refractivity contribution in [3.05, 3.63) is 55.2 Å². The first kappa shape index (κ1) is 22.5. The monoisotopic (exact) mass is 472 g/mol. The van der Waals surface area contributed by atoms with Crippen molar-refractivity contribution in [2.24, 2.45) is 5.92 Å². The maximum atomic E-state index is 13.3. The van der Waals surface area contributed by atoms with Crippen molar-refractivity contribution in [1.29, 1.82) is 0 Å². The zero-order chi connectivity index (χ0) is 23.0. The summed E-state index contributed by atoms with van der Waals surface area (Å²) >= 11 is 2.77. The molecule has 2 unspecified atom stereocenters. The van der Waals surface area contributed by atoms with E-state index in [9.17, 15) is 19.7 Å². The number of carbonyl (C=O) groups is 1. The predicted octanol–water partition coefficient (Wildman–Crippen LogP) is 4.63. The Labute approximate surface area is 193 Å². The second kappa shape index (κ2) is 9.03. The molecule has 0 fully saturated rings. The Morgan fingerprint density at radius 1 is 1.44 bits per heavy atom. The summed E-state index contributed by atoms with van der Waals surface area (Å²) in [5.74, 6) is 0.212. The summed E-state index contributed by atoms with van der Waals surface area (Å²) in [6, 6.07) is 6.02. The summed E-state index contributed by atoms with van der Waals surface area (Å²) < 4.78 is 1.62. The molecular weight excluding hydrogens is 448 g/mol. The number of amides is 1. The largest absolute Gasteiger partial charge is 0.319 e. The Morgan fingerprint density at radius 3 is 2.91 bits per heavy atom. The molecule has 10 heteroatoms. The first-order valence-electron chi connectivity index (χ1n) is 10.6. The molecule has 1 aliphatic rings. The van der Waals surface area contributed by atoms with Crippen molar-refractivity contribution >= 4 is 50.6 Å². The Bertz CT molecular complexity index is 1270. The summed E-state index contributed by atoms with van der Waals surface area (Å²) in [6.07, 6.45) is 2.95. The molecule has 1 N–H and O–H groups in total. The van der Waals surface area contributed by atoms with Crippen molar-refractivity contribution in [3.8, 4) is 0 Å². The van der Waals surface area contributed by atoms with Crippen LogP contribution in [0.4, 0.5) is 11.4 Å². The maximum Gasteiger partial charge on any atom is 0.292 e. The van der Waals surface area contributed by atoms with Crippen LogP contribution in [0.1, 0.15) is 37.6 Å². The number of thiophene rings is 1. The van der Waals surface area contributed by atoms with E-state index in [4.69, 9.17) is 4.98 Å². The number of anilines is 1. The highest BCUT2D eigenvalue weighted by atomic mass is 32.2. The molecule has 1 amide bonds. The lowest BCUT2D eigenvalue weighted by molar-refractivity contribution is -0.383. The first-order valence-corrected chi connectivity index (χ1v) is 12.3. The van der Waals surface area contributed by atoms with Gasteiger partial charge in [-0.25, -0.2) is 4.98 Å². The predicted molar refractivity (Wildman–Crippen MR) is 128 cm³/mol. The molecule has 8 nitrogen and oxygen atoms in total. The molecule has 0 spiro atoms. The lowest BCUT2D eigenvalue weighted by atomic mass is 9.89. The van der Waals surface area contributed by atoms with Gasteiger partial charge in [0.05, 0.1) is 15.6 Å². The van der Waals surface area contributed by atoms with Crippen LogP contribution in [0.25, 0.3) is 10.2 Å². The van der Waals surface area contributed by atoms with Crippen molar-refractivity contribution in [2.45, 2.75) is 57.0 Å². The number of hydrogen-bond acceptors (Lipinski definition) is 7. The van der Waals surface area contributed by atoms with Crippen LogP contribution in [0.3, 0.4) is 0 Å². The second-order valence-electron chi connectivity index (χ2n) is 8.00. The van der Waals surface area contributed by atoms with E-state index in [2.05, 4.69) is 12.2 Å². The quantitative estimate of drug-likeness (QED) is 0.243. The number of fused-ring (bicyclic) bond motifs is 3. The van der Waals surface area contributed by atoms with Gasteiger partial charge in [-0.3, -0.25) is 24.3 Å². The van der Waals surface area contributed by atoms with Crippen LogP contribution in [0.5, 0.6) is 0 Å². The summed E-state index contributed by atoms with van der Waals surface area (Å²) in [5.41, 5.74) is 1.06. The maximum absolute atomic E-state index is 13.3. The number of thioether (sulfide) groups is 1. The number of carbonyl (C=O) groups excluding carboxylic acids is 1. The van der Waals surface area contributed by atoms with Gasteiger partial charge in [-0.15, -0.1) is 11.3 Å². The fraction of sp³-hybridized carbons (Fsp3) is 0.409. The molecule has 0 saturated carbocycles. The van der Waals surface area contributed by atoms with Crippen LogP contribution in [0.15, 0.2) is 34.2 Å². The number of nitrogens with zero attached hydrogens (tertiary/aromatic N) is 3. The molecule has 2 atom stereocenters. The van der Waals surface area contributed by atoms with Crippen LogP contribution >= 0.6 is 23.1 Å². The smallest absolute Gasteiger partial charge is 0.292 e. The van der Waals surface area contributed by atoms with Gasteiger partial charge in [0.1, 0.15) is 10.5 Å². The Kier molecular flexibility index (Phi) is 6.34. The van der Waals surface area contributed by atoms with E-state index in [-0.39, 0.29) is 22.8 Å². The minimum Gasteiger partial charge on any atom is -0.319 e. The molecule has 4 rings (SSSR count). The molecule has 0 radical (unpaired) electrons. The van der Waals surface area contributed by atoms with Gasteiger partial charge in [-0.1, -0.05) is 30.8 Å². The fourth-order valence-corrected chi connectivity index (χ4v) is 6.35. The van der Waals surface area contributed by atoms with Gasteiger partial charge in [0.25, 0.3) is 11.2 Å². The normalized spacial score (nSPS) is 16.5. The number of aromatic nitrogens is 2. The number of rotatable bonds is 6. The van der Waals surface area contributed by atoms with E-state index in [1.165, 1.54) is 28.8 Å². The van der Waals surface area contributed by atoms with Crippen LogP contribution in [0.2, 0.25) is 0 Å². The summed E-state index contributed by atoms with van der Waals surface area (Å²) in [5, 5.41) is 14.5. The number of para-hydroxylation sites is 2. The third-order valence-corrected chi connectivity index (χ3v) is 7.94. The molecule has 1 aliphatic carbocycles. The standard InChI is InChI=1S/C22H24N4O4S2/c1-4-25-21(28)18-14-10-9-12(2)11-17(14)32-20(18)24-22(25)31-13(3)19(27)23-15-7-5-6-8-16(15)26(29)30/h5-8,12-13H,4,9-11H2,1-3H3,(H,23,27). The van der Waals surface area contributed by atoms with Crippen LogP contribution in [-0.2, 0) is 24.2 Å². The van der Waals surface area contributed by atoms with E-state index in [0.29, 0.717) is 17.6 Å². The van der Waals surface area contributed by atoms with Gasteiger partial charge in [0.2, 0.25) is 5.91 Å². The van der Waals surface area contributed by atoms with E-state index in [0.717, 1.165) is 35.0 Å². The van der Waals surface area contributed by atoms with Crippen molar-refractivity contribution in [1.82, 2.24) is 9.55 Å². The van der Waals surface area contributed by atoms with Crippen LogP contribution in [-0.4, -0.2) is 25.6 Å². The van der Waals surface area contributed by atoms with Gasteiger partial charge < -0.3 is 5.32 Å². The minimum atomic E-state index is -0.605. The number of aryl methyl sites for hydroxylation is 1. The van der Waals surface area contributed by atoms with Crippen molar-refractivity contribution in [2.75, 3.05) is 5.32 Å². The zero-order valence-corrected chi connectivity index (χ0v) is 19.7. The highest BCUT2D eigenvalue weighted by molar-refractivity contribution is 8.00. The first-order chi connectivity index (χ1) is 15.3. The number of nitro groups is 1.